The number of hydrogen-bond acceptors (Lipinski definition) is 5. The molecule has 3 N–H and O–H groups in total. The number of methoxy groups -OCH3 is 1. The molecule has 0 aliphatic rings. The molecule has 0 radical (unpaired) electrons. The number of carbonyl (C=O) groups excluding carboxylic acids is 1. The maximum absolute atomic E-state index is 12.1. The van der Waals surface area contributed by atoms with Crippen molar-refractivity contribution >= 4 is 23.2 Å². The van der Waals surface area contributed by atoms with Crippen molar-refractivity contribution in [2.45, 2.75) is 39.8 Å². The number of rotatable bonds is 9. The van der Waals surface area contributed by atoms with Gasteiger partial charge in [-0.1, -0.05) is 26.0 Å². The Balaban J connectivity index is 1.81. The third-order valence-electron chi connectivity index (χ3n) is 3.94. The molecule has 8 heteroatoms. The van der Waals surface area contributed by atoms with Gasteiger partial charge in [-0.05, 0) is 30.5 Å². The normalized spacial score (nSPS) is 11.4. The lowest BCUT2D eigenvalue weighted by Gasteiger charge is -2.10. The summed E-state index contributed by atoms with van der Waals surface area (Å²) >= 11 is 1.63. The van der Waals surface area contributed by atoms with Crippen LogP contribution in [0.15, 0.2) is 34.6 Å². The lowest BCUT2D eigenvalue weighted by molar-refractivity contribution is -0.119. The van der Waals surface area contributed by atoms with Crippen molar-refractivity contribution in [3.05, 3.63) is 45.9 Å². The predicted octanol–water partition coefficient (Wildman–Crippen LogP) is 2.65. The summed E-state index contributed by atoms with van der Waals surface area (Å²) in [6.07, 6.45) is 0. The van der Waals surface area contributed by atoms with Gasteiger partial charge in [0.15, 0.2) is 5.96 Å². The smallest absolute Gasteiger partial charge is 0.242 e. The highest BCUT2D eigenvalue weighted by molar-refractivity contribution is 7.09. The number of nitrogens with one attached hydrogen (secondary N) is 3. The number of hydrogen-bond donors (Lipinski definition) is 3. The monoisotopic (exact) mass is 403 g/mol. The number of guanidine groups is 1. The number of benzene rings is 1. The van der Waals surface area contributed by atoms with Gasteiger partial charge in [0.2, 0.25) is 5.91 Å². The molecule has 0 unspecified atom stereocenters. The summed E-state index contributed by atoms with van der Waals surface area (Å²) in [5.41, 5.74) is 2.11. The van der Waals surface area contributed by atoms with E-state index in [9.17, 15) is 4.79 Å². The van der Waals surface area contributed by atoms with E-state index in [2.05, 4.69) is 45.2 Å². The summed E-state index contributed by atoms with van der Waals surface area (Å²) in [4.78, 5) is 21.0. The van der Waals surface area contributed by atoms with Gasteiger partial charge in [0, 0.05) is 18.5 Å². The fourth-order valence-electron chi connectivity index (χ4n) is 2.32. The van der Waals surface area contributed by atoms with Crippen LogP contribution < -0.4 is 20.7 Å². The van der Waals surface area contributed by atoms with Crippen LogP contribution in [0.2, 0.25) is 0 Å². The lowest BCUT2D eigenvalue weighted by atomic mass is 10.2. The molecule has 1 amide bonds. The van der Waals surface area contributed by atoms with E-state index in [1.54, 1.807) is 18.4 Å². The minimum atomic E-state index is -0.135. The van der Waals surface area contributed by atoms with Crippen LogP contribution in [0.25, 0.3) is 0 Å². The Hall–Kier alpha value is -2.61. The second-order valence-electron chi connectivity index (χ2n) is 6.49. The summed E-state index contributed by atoms with van der Waals surface area (Å²) in [6.45, 7) is 8.05. The minimum absolute atomic E-state index is 0.0562. The third kappa shape index (κ3) is 7.19. The van der Waals surface area contributed by atoms with E-state index in [1.165, 1.54) is 0 Å². The molecule has 0 saturated heterocycles. The Kier molecular flexibility index (Phi) is 8.74. The number of ether oxygens (including phenoxy) is 1. The maximum Gasteiger partial charge on any atom is 0.242 e. The standard InChI is InChI=1S/C20H29N5O2S/c1-5-21-20(24-12-19-25-17(13-28-19)14(2)3)23-11-18(26)22-10-15-6-8-16(27-4)9-7-15/h6-9,13-14H,5,10-12H2,1-4H3,(H,22,26)(H2,21,23,24). The van der Waals surface area contributed by atoms with E-state index < -0.39 is 0 Å². The van der Waals surface area contributed by atoms with Gasteiger partial charge in [-0.3, -0.25) is 4.79 Å². The van der Waals surface area contributed by atoms with Gasteiger partial charge in [0.25, 0.3) is 0 Å². The molecule has 1 aromatic heterocycles. The van der Waals surface area contributed by atoms with Crippen LogP contribution in [-0.2, 0) is 17.9 Å². The van der Waals surface area contributed by atoms with Gasteiger partial charge < -0.3 is 20.7 Å². The Bertz CT molecular complexity index is 771. The van der Waals surface area contributed by atoms with E-state index in [0.29, 0.717) is 31.5 Å². The zero-order valence-electron chi connectivity index (χ0n) is 16.9. The average Bonchev–Trinajstić information content (AvgIpc) is 3.18. The molecule has 152 valence electrons. The third-order valence-corrected chi connectivity index (χ3v) is 4.81. The SMILES string of the molecule is CCNC(=NCC(=O)NCc1ccc(OC)cc1)NCc1nc(C(C)C)cs1. The van der Waals surface area contributed by atoms with Gasteiger partial charge in [-0.25, -0.2) is 9.98 Å². The number of aliphatic imine (C=N–C) groups is 1. The molecule has 28 heavy (non-hydrogen) atoms. The van der Waals surface area contributed by atoms with Gasteiger partial charge in [0.05, 0.1) is 19.3 Å². The molecule has 2 rings (SSSR count). The molecule has 7 nitrogen and oxygen atoms in total. The zero-order valence-corrected chi connectivity index (χ0v) is 17.7. The first-order valence-electron chi connectivity index (χ1n) is 9.38. The van der Waals surface area contributed by atoms with Crippen molar-refractivity contribution in [2.24, 2.45) is 4.99 Å². The first-order chi connectivity index (χ1) is 13.5. The molecule has 0 aliphatic heterocycles. The number of carbonyl (C=O) groups is 1. The molecule has 1 heterocycles. The molecule has 0 atom stereocenters. The van der Waals surface area contributed by atoms with E-state index in [-0.39, 0.29) is 12.5 Å². The number of nitrogens with zero attached hydrogens (tertiary/aromatic N) is 2. The van der Waals surface area contributed by atoms with Crippen molar-refractivity contribution in [1.82, 2.24) is 20.9 Å². The highest BCUT2D eigenvalue weighted by Gasteiger charge is 2.07. The van der Waals surface area contributed by atoms with Crippen molar-refractivity contribution in [3.8, 4) is 5.75 Å². The van der Waals surface area contributed by atoms with Gasteiger partial charge >= 0.3 is 0 Å². The van der Waals surface area contributed by atoms with Gasteiger partial charge in [-0.2, -0.15) is 0 Å². The zero-order chi connectivity index (χ0) is 20.4. The fourth-order valence-corrected chi connectivity index (χ4v) is 3.22. The van der Waals surface area contributed by atoms with Crippen molar-refractivity contribution in [3.63, 3.8) is 0 Å². The van der Waals surface area contributed by atoms with E-state index in [1.807, 2.05) is 31.2 Å². The molecule has 0 fully saturated rings. The lowest BCUT2D eigenvalue weighted by Crippen LogP contribution is -2.38. The van der Waals surface area contributed by atoms with Crippen LogP contribution in [0.5, 0.6) is 5.75 Å². The maximum atomic E-state index is 12.1. The molecule has 1 aromatic carbocycles. The summed E-state index contributed by atoms with van der Waals surface area (Å²) in [5, 5.41) is 12.3. The van der Waals surface area contributed by atoms with E-state index in [4.69, 9.17) is 4.74 Å². The highest BCUT2D eigenvalue weighted by Crippen LogP contribution is 2.17. The molecule has 2 aromatic rings. The number of thiazole rings is 1. The Morgan fingerprint density at radius 3 is 2.54 bits per heavy atom. The first-order valence-corrected chi connectivity index (χ1v) is 10.3. The fraction of sp³-hybridized carbons (Fsp3) is 0.450. The Labute approximate surface area is 170 Å². The second kappa shape index (κ2) is 11.3. The highest BCUT2D eigenvalue weighted by atomic mass is 32.1. The predicted molar refractivity (Wildman–Crippen MR) is 114 cm³/mol. The van der Waals surface area contributed by atoms with Crippen LogP contribution in [-0.4, -0.2) is 37.1 Å². The molecule has 0 bridgehead atoms. The van der Waals surface area contributed by atoms with Crippen molar-refractivity contribution in [2.75, 3.05) is 20.2 Å². The van der Waals surface area contributed by atoms with Crippen LogP contribution in [0.4, 0.5) is 0 Å². The van der Waals surface area contributed by atoms with Crippen LogP contribution >= 0.6 is 11.3 Å². The Morgan fingerprint density at radius 1 is 1.18 bits per heavy atom. The van der Waals surface area contributed by atoms with Crippen molar-refractivity contribution in [1.29, 1.82) is 0 Å². The quantitative estimate of drug-likeness (QED) is 0.443. The molecular weight excluding hydrogens is 374 g/mol. The largest absolute Gasteiger partial charge is 0.497 e. The number of aromatic nitrogens is 1. The summed E-state index contributed by atoms with van der Waals surface area (Å²) < 4.78 is 5.13. The van der Waals surface area contributed by atoms with Gasteiger partial charge in [0.1, 0.15) is 17.3 Å². The van der Waals surface area contributed by atoms with Crippen LogP contribution in [0.3, 0.4) is 0 Å². The molecule has 0 spiro atoms. The number of amides is 1. The van der Waals surface area contributed by atoms with Crippen LogP contribution in [0, 0.1) is 0 Å². The Morgan fingerprint density at radius 2 is 1.93 bits per heavy atom. The first kappa shape index (κ1) is 21.7. The molecule has 0 aliphatic carbocycles. The average molecular weight is 404 g/mol. The molecular formula is C20H29N5O2S. The van der Waals surface area contributed by atoms with Crippen LogP contribution in [0.1, 0.15) is 43.0 Å². The summed E-state index contributed by atoms with van der Waals surface area (Å²) in [6, 6.07) is 7.59. The topological polar surface area (TPSA) is 87.6 Å². The van der Waals surface area contributed by atoms with E-state index >= 15 is 0 Å². The summed E-state index contributed by atoms with van der Waals surface area (Å²) in [7, 11) is 1.63. The van der Waals surface area contributed by atoms with E-state index in [0.717, 1.165) is 22.0 Å². The molecule has 0 saturated carbocycles. The van der Waals surface area contributed by atoms with Gasteiger partial charge in [-0.15, -0.1) is 11.3 Å². The summed E-state index contributed by atoms with van der Waals surface area (Å²) in [5.74, 6) is 1.68. The minimum Gasteiger partial charge on any atom is -0.497 e. The second-order valence-corrected chi connectivity index (χ2v) is 7.44. The van der Waals surface area contributed by atoms with Crippen molar-refractivity contribution < 1.29 is 9.53 Å².